The highest BCUT2D eigenvalue weighted by Gasteiger charge is 2.45. The summed E-state index contributed by atoms with van der Waals surface area (Å²) in [6, 6.07) is 13.8. The Morgan fingerprint density at radius 3 is 2.68 bits per heavy atom. The van der Waals surface area contributed by atoms with Gasteiger partial charge in [-0.2, -0.15) is 13.5 Å². The smallest absolute Gasteiger partial charge is 0.333 e. The van der Waals surface area contributed by atoms with Gasteiger partial charge in [0.25, 0.3) is 0 Å². The quantitative estimate of drug-likeness (QED) is 0.287. The van der Waals surface area contributed by atoms with Gasteiger partial charge in [-0.3, -0.25) is 4.18 Å². The van der Waals surface area contributed by atoms with Crippen molar-refractivity contribution < 1.29 is 27.6 Å². The van der Waals surface area contributed by atoms with Crippen LogP contribution < -0.4 is 10.9 Å². The third kappa shape index (κ3) is 4.20. The minimum Gasteiger partial charge on any atom is -0.387 e. The van der Waals surface area contributed by atoms with E-state index in [0.717, 1.165) is 15.7 Å². The first-order valence-electron chi connectivity index (χ1n) is 10.1. The lowest BCUT2D eigenvalue weighted by Gasteiger charge is -2.15. The molecule has 5 rings (SSSR count). The highest BCUT2D eigenvalue weighted by molar-refractivity contribution is 7.99. The Morgan fingerprint density at radius 2 is 1.88 bits per heavy atom. The van der Waals surface area contributed by atoms with Gasteiger partial charge in [-0.25, -0.2) is 19.8 Å². The molecule has 178 valence electrons. The normalized spacial score (nSPS) is 23.1. The van der Waals surface area contributed by atoms with Gasteiger partial charge in [-0.05, 0) is 16.8 Å². The molecule has 3 heterocycles. The maximum Gasteiger partial charge on any atom is 0.333 e. The van der Waals surface area contributed by atoms with Crippen LogP contribution in [0.3, 0.4) is 0 Å². The fourth-order valence-corrected chi connectivity index (χ4v) is 5.23. The first-order valence-corrected chi connectivity index (χ1v) is 12.3. The van der Waals surface area contributed by atoms with Crippen LogP contribution in [0.25, 0.3) is 21.8 Å². The third-order valence-corrected chi connectivity index (χ3v) is 6.94. The first-order chi connectivity index (χ1) is 16.2. The van der Waals surface area contributed by atoms with Crippen LogP contribution in [-0.2, 0) is 19.2 Å². The molecule has 1 saturated heterocycles. The summed E-state index contributed by atoms with van der Waals surface area (Å²) < 4.78 is 33.7. The topological polar surface area (TPSA) is 189 Å². The molecule has 4 aromatic rings. The zero-order valence-electron chi connectivity index (χ0n) is 17.4. The predicted molar refractivity (Wildman–Crippen MR) is 123 cm³/mol. The van der Waals surface area contributed by atoms with E-state index in [1.165, 1.54) is 22.8 Å². The van der Waals surface area contributed by atoms with Crippen molar-refractivity contribution in [1.82, 2.24) is 19.7 Å². The average Bonchev–Trinajstić information content (AvgIpc) is 3.30. The van der Waals surface area contributed by atoms with Crippen molar-refractivity contribution in [2.75, 3.05) is 12.3 Å². The zero-order valence-corrected chi connectivity index (χ0v) is 19.1. The monoisotopic (exact) mass is 504 g/mol. The van der Waals surface area contributed by atoms with Crippen molar-refractivity contribution >= 4 is 49.7 Å². The molecule has 0 spiro atoms. The number of nitrogen functional groups attached to an aromatic ring is 1. The van der Waals surface area contributed by atoms with Crippen LogP contribution in [0.1, 0.15) is 6.23 Å². The summed E-state index contributed by atoms with van der Waals surface area (Å²) in [6.07, 6.45) is -4.03. The molecule has 12 nitrogen and oxygen atoms in total. The molecular formula is C20H20N6O6S2. The van der Waals surface area contributed by atoms with E-state index in [4.69, 9.17) is 15.6 Å². The number of rotatable bonds is 6. The lowest BCUT2D eigenvalue weighted by Crippen LogP contribution is -2.35. The number of aromatic nitrogens is 4. The van der Waals surface area contributed by atoms with Gasteiger partial charge in [-0.1, -0.05) is 48.2 Å². The Morgan fingerprint density at radius 1 is 1.12 bits per heavy atom. The molecule has 0 bridgehead atoms. The second kappa shape index (κ2) is 8.74. The maximum atomic E-state index is 11.1. The standard InChI is InChI=1S/C20H20N6O6S2/c21-17-14-18(24-9-23-17)26(20-16(28)15(27)12(32-20)8-31-34(22,29)30)25-19(14)33-13-7-3-5-10-4-1-2-6-11(10)13/h1-7,9,12,15-16,20,27-28H,8H2,(H2,21,23,24)(H2,22,29,30)/t12-,15-,16-,20-/m1/s1. The number of benzene rings is 2. The van der Waals surface area contributed by atoms with Gasteiger partial charge in [0, 0.05) is 4.90 Å². The van der Waals surface area contributed by atoms with E-state index in [1.807, 2.05) is 42.5 Å². The van der Waals surface area contributed by atoms with Crippen molar-refractivity contribution in [3.8, 4) is 0 Å². The van der Waals surface area contributed by atoms with E-state index in [9.17, 15) is 18.6 Å². The average molecular weight is 505 g/mol. The van der Waals surface area contributed by atoms with Crippen LogP contribution in [-0.4, -0.2) is 63.3 Å². The van der Waals surface area contributed by atoms with Gasteiger partial charge in [-0.15, -0.1) is 0 Å². The molecule has 1 fully saturated rings. The molecule has 0 radical (unpaired) electrons. The molecule has 0 saturated carbocycles. The van der Waals surface area contributed by atoms with Crippen molar-refractivity contribution in [2.24, 2.45) is 5.14 Å². The number of nitrogens with zero attached hydrogens (tertiary/aromatic N) is 4. The Bertz CT molecular complexity index is 1470. The van der Waals surface area contributed by atoms with E-state index in [-0.39, 0.29) is 11.5 Å². The van der Waals surface area contributed by atoms with Gasteiger partial charge in [0.1, 0.15) is 35.5 Å². The van der Waals surface area contributed by atoms with E-state index in [0.29, 0.717) is 10.4 Å². The van der Waals surface area contributed by atoms with Gasteiger partial charge in [0.15, 0.2) is 11.9 Å². The maximum absolute atomic E-state index is 11.1. The van der Waals surface area contributed by atoms with E-state index in [2.05, 4.69) is 19.2 Å². The van der Waals surface area contributed by atoms with E-state index in [1.54, 1.807) is 0 Å². The second-order valence-electron chi connectivity index (χ2n) is 7.61. The predicted octanol–water partition coefficient (Wildman–Crippen LogP) is 0.552. The lowest BCUT2D eigenvalue weighted by atomic mass is 10.1. The molecule has 6 N–H and O–H groups in total. The number of nitrogens with two attached hydrogens (primary N) is 2. The zero-order chi connectivity index (χ0) is 24.0. The van der Waals surface area contributed by atoms with Crippen LogP contribution in [0.15, 0.2) is 58.7 Å². The molecule has 0 aliphatic carbocycles. The number of hydrogen-bond donors (Lipinski definition) is 4. The Kier molecular flexibility index (Phi) is 5.89. The number of aliphatic hydroxyl groups excluding tert-OH is 2. The number of anilines is 1. The summed E-state index contributed by atoms with van der Waals surface area (Å²) in [5.41, 5.74) is 6.43. The SMILES string of the molecule is Nc1ncnc2c1c(Sc1cccc3ccccc13)nn2[C@@H]1O[C@H](COS(N)(=O)=O)[C@@H](O)[C@H]1O. The number of fused-ring (bicyclic) bond motifs is 2. The number of aliphatic hydroxyl groups is 2. The molecule has 0 unspecified atom stereocenters. The summed E-state index contributed by atoms with van der Waals surface area (Å²) in [4.78, 5) is 9.24. The Labute approximate surface area is 197 Å². The first kappa shape index (κ1) is 22.9. The molecule has 14 heteroatoms. The van der Waals surface area contributed by atoms with Gasteiger partial charge in [0.2, 0.25) is 0 Å². The van der Waals surface area contributed by atoms with Crippen LogP contribution in [0.5, 0.6) is 0 Å². The molecule has 1 aliphatic rings. The summed E-state index contributed by atoms with van der Waals surface area (Å²) in [5.74, 6) is 0.182. The highest BCUT2D eigenvalue weighted by atomic mass is 32.2. The van der Waals surface area contributed by atoms with Crippen LogP contribution >= 0.6 is 11.8 Å². The van der Waals surface area contributed by atoms with Crippen molar-refractivity contribution in [1.29, 1.82) is 0 Å². The summed E-state index contributed by atoms with van der Waals surface area (Å²) >= 11 is 1.34. The van der Waals surface area contributed by atoms with Crippen molar-refractivity contribution in [3.63, 3.8) is 0 Å². The lowest BCUT2D eigenvalue weighted by molar-refractivity contribution is -0.0531. The molecule has 34 heavy (non-hydrogen) atoms. The summed E-state index contributed by atoms with van der Waals surface area (Å²) in [5, 5.41) is 33.4. The minimum atomic E-state index is -4.26. The largest absolute Gasteiger partial charge is 0.387 e. The van der Waals surface area contributed by atoms with Crippen molar-refractivity contribution in [3.05, 3.63) is 48.8 Å². The molecule has 1 aliphatic heterocycles. The second-order valence-corrected chi connectivity index (χ2v) is 9.86. The van der Waals surface area contributed by atoms with Gasteiger partial charge < -0.3 is 20.7 Å². The minimum absolute atomic E-state index is 0.182. The summed E-state index contributed by atoms with van der Waals surface area (Å²) in [6.45, 7) is -0.582. The van der Waals surface area contributed by atoms with E-state index < -0.39 is 41.5 Å². The van der Waals surface area contributed by atoms with Gasteiger partial charge in [0.05, 0.1) is 12.0 Å². The van der Waals surface area contributed by atoms with Crippen LogP contribution in [0.2, 0.25) is 0 Å². The fourth-order valence-electron chi connectivity index (χ4n) is 3.83. The van der Waals surface area contributed by atoms with Crippen LogP contribution in [0.4, 0.5) is 5.82 Å². The van der Waals surface area contributed by atoms with Gasteiger partial charge >= 0.3 is 10.3 Å². The van der Waals surface area contributed by atoms with Crippen LogP contribution in [0, 0.1) is 0 Å². The molecule has 2 aromatic heterocycles. The Balaban J connectivity index is 1.54. The number of ether oxygens (including phenoxy) is 1. The molecule has 4 atom stereocenters. The molecule has 2 aromatic carbocycles. The molecule has 0 amide bonds. The fraction of sp³-hybridized carbons (Fsp3) is 0.250. The summed E-state index contributed by atoms with van der Waals surface area (Å²) in [7, 11) is -4.26. The Hall–Kier alpha value is -2.85. The van der Waals surface area contributed by atoms with E-state index >= 15 is 0 Å². The molecular weight excluding hydrogens is 484 g/mol. The number of hydrogen-bond acceptors (Lipinski definition) is 11. The van der Waals surface area contributed by atoms with Crippen molar-refractivity contribution in [2.45, 2.75) is 34.5 Å². The third-order valence-electron chi connectivity index (χ3n) is 5.42. The highest BCUT2D eigenvalue weighted by Crippen LogP contribution is 2.40.